The van der Waals surface area contributed by atoms with Gasteiger partial charge in [-0.3, -0.25) is 14.4 Å². The predicted octanol–water partition coefficient (Wildman–Crippen LogP) is 1.75. The molecule has 0 saturated carbocycles. The van der Waals surface area contributed by atoms with Crippen molar-refractivity contribution in [1.82, 2.24) is 15.1 Å². The van der Waals surface area contributed by atoms with Gasteiger partial charge in [0.05, 0.1) is 14.2 Å². The molecule has 0 unspecified atom stereocenters. The number of hydrogen-bond acceptors (Lipinski definition) is 5. The van der Waals surface area contributed by atoms with Gasteiger partial charge in [-0.05, 0) is 41.8 Å². The normalized spacial score (nSPS) is 18.0. The van der Waals surface area contributed by atoms with Crippen molar-refractivity contribution in [2.75, 3.05) is 21.3 Å². The molecule has 8 heteroatoms. The zero-order chi connectivity index (χ0) is 23.0. The molecule has 0 saturated heterocycles. The molecular formula is C24H27N3O5. The van der Waals surface area contributed by atoms with Gasteiger partial charge in [-0.1, -0.05) is 18.2 Å². The molecule has 1 N–H and O–H groups in total. The van der Waals surface area contributed by atoms with E-state index in [0.29, 0.717) is 30.0 Å². The molecule has 0 bridgehead atoms. The van der Waals surface area contributed by atoms with Gasteiger partial charge in [0.1, 0.15) is 12.1 Å². The van der Waals surface area contributed by atoms with Crippen LogP contribution in [0.1, 0.15) is 34.0 Å². The molecule has 2 heterocycles. The average molecular weight is 437 g/mol. The Kier molecular flexibility index (Phi) is 5.78. The number of hydrogen-bond donors (Lipinski definition) is 1. The van der Waals surface area contributed by atoms with Crippen molar-refractivity contribution in [2.45, 2.75) is 38.5 Å². The maximum absolute atomic E-state index is 13.6. The summed E-state index contributed by atoms with van der Waals surface area (Å²) in [6.07, 6.45) is 0.349. The average Bonchev–Trinajstić information content (AvgIpc) is 3.17. The molecule has 32 heavy (non-hydrogen) atoms. The summed E-state index contributed by atoms with van der Waals surface area (Å²) >= 11 is 0. The minimum Gasteiger partial charge on any atom is -0.493 e. The number of carbonyl (C=O) groups is 3. The summed E-state index contributed by atoms with van der Waals surface area (Å²) in [6, 6.07) is 9.69. The second kappa shape index (κ2) is 8.53. The fourth-order valence-electron chi connectivity index (χ4n) is 4.51. The van der Waals surface area contributed by atoms with Crippen molar-refractivity contribution in [3.8, 4) is 11.5 Å². The number of carbonyl (C=O) groups excluding carboxylic acids is 3. The molecule has 0 fully saturated rings. The van der Waals surface area contributed by atoms with Crippen LogP contribution in [0.15, 0.2) is 36.4 Å². The summed E-state index contributed by atoms with van der Waals surface area (Å²) in [5.74, 6) is 0.467. The van der Waals surface area contributed by atoms with E-state index in [0.717, 1.165) is 16.7 Å². The van der Waals surface area contributed by atoms with Crippen LogP contribution in [0.5, 0.6) is 11.5 Å². The summed E-state index contributed by atoms with van der Waals surface area (Å²) < 4.78 is 10.8. The number of ether oxygens (including phenoxy) is 2. The molecule has 2 aliphatic rings. The lowest BCUT2D eigenvalue weighted by atomic mass is 9.92. The van der Waals surface area contributed by atoms with Crippen LogP contribution in [0.25, 0.3) is 0 Å². The number of rotatable bonds is 5. The zero-order valence-electron chi connectivity index (χ0n) is 18.7. The Morgan fingerprint density at radius 1 is 1.03 bits per heavy atom. The summed E-state index contributed by atoms with van der Waals surface area (Å²) in [4.78, 5) is 42.3. The van der Waals surface area contributed by atoms with E-state index in [1.807, 2.05) is 30.3 Å². The van der Waals surface area contributed by atoms with Crippen LogP contribution in [0.4, 0.5) is 0 Å². The fraction of sp³-hybridized carbons (Fsp3) is 0.375. The van der Waals surface area contributed by atoms with Crippen molar-refractivity contribution in [2.24, 2.45) is 0 Å². The van der Waals surface area contributed by atoms with Crippen molar-refractivity contribution in [3.05, 3.63) is 58.7 Å². The lowest BCUT2D eigenvalue weighted by Gasteiger charge is -2.39. The first-order chi connectivity index (χ1) is 15.4. The van der Waals surface area contributed by atoms with Gasteiger partial charge in [0.2, 0.25) is 11.8 Å². The fourth-order valence-corrected chi connectivity index (χ4v) is 4.51. The maximum atomic E-state index is 13.6. The SMILES string of the molecule is CNC(=O)[C@@H]1Cc2cc(OC)c(OC)cc2CN1C(=O)[C@H](C)N1Cc2ccccc2C1=O. The second-order valence-electron chi connectivity index (χ2n) is 8.04. The molecule has 0 aliphatic carbocycles. The van der Waals surface area contributed by atoms with Crippen LogP contribution in [0.3, 0.4) is 0 Å². The van der Waals surface area contributed by atoms with Crippen LogP contribution in [-0.2, 0) is 29.1 Å². The zero-order valence-corrected chi connectivity index (χ0v) is 18.7. The second-order valence-corrected chi connectivity index (χ2v) is 8.04. The Bertz CT molecular complexity index is 1080. The topological polar surface area (TPSA) is 88.2 Å². The Balaban J connectivity index is 1.64. The lowest BCUT2D eigenvalue weighted by molar-refractivity contribution is -0.145. The molecule has 4 rings (SSSR count). The van der Waals surface area contributed by atoms with E-state index in [9.17, 15) is 14.4 Å². The molecule has 0 aromatic heterocycles. The van der Waals surface area contributed by atoms with Gasteiger partial charge in [-0.2, -0.15) is 0 Å². The number of amides is 3. The van der Waals surface area contributed by atoms with Crippen molar-refractivity contribution in [1.29, 1.82) is 0 Å². The predicted molar refractivity (Wildman–Crippen MR) is 117 cm³/mol. The minimum absolute atomic E-state index is 0.165. The van der Waals surface area contributed by atoms with E-state index in [2.05, 4.69) is 5.32 Å². The summed E-state index contributed by atoms with van der Waals surface area (Å²) in [6.45, 7) is 2.34. The quantitative estimate of drug-likeness (QED) is 0.770. The van der Waals surface area contributed by atoms with E-state index < -0.39 is 12.1 Å². The van der Waals surface area contributed by atoms with Crippen LogP contribution >= 0.6 is 0 Å². The molecule has 0 spiro atoms. The Hall–Kier alpha value is -3.55. The number of likely N-dealkylation sites (N-methyl/N-ethyl adjacent to an activating group) is 1. The third-order valence-electron chi connectivity index (χ3n) is 6.34. The number of nitrogens with zero attached hydrogens (tertiary/aromatic N) is 2. The Morgan fingerprint density at radius 3 is 2.31 bits per heavy atom. The molecule has 0 radical (unpaired) electrons. The summed E-state index contributed by atoms with van der Waals surface area (Å²) in [5, 5.41) is 2.66. The lowest BCUT2D eigenvalue weighted by Crippen LogP contribution is -2.56. The smallest absolute Gasteiger partial charge is 0.255 e. The highest BCUT2D eigenvalue weighted by Crippen LogP contribution is 2.35. The van der Waals surface area contributed by atoms with Gasteiger partial charge in [0.25, 0.3) is 5.91 Å². The van der Waals surface area contributed by atoms with Crippen LogP contribution < -0.4 is 14.8 Å². The first kappa shape index (κ1) is 21.7. The minimum atomic E-state index is -0.705. The van der Waals surface area contributed by atoms with E-state index in [1.54, 1.807) is 44.1 Å². The van der Waals surface area contributed by atoms with Gasteiger partial charge in [0.15, 0.2) is 11.5 Å². The largest absolute Gasteiger partial charge is 0.493 e. The van der Waals surface area contributed by atoms with Gasteiger partial charge in [-0.25, -0.2) is 0 Å². The van der Waals surface area contributed by atoms with Crippen LogP contribution in [0.2, 0.25) is 0 Å². The number of methoxy groups -OCH3 is 2. The van der Waals surface area contributed by atoms with Crippen LogP contribution in [0, 0.1) is 0 Å². The molecule has 8 nitrogen and oxygen atoms in total. The van der Waals surface area contributed by atoms with Crippen LogP contribution in [-0.4, -0.2) is 60.9 Å². The van der Waals surface area contributed by atoms with E-state index >= 15 is 0 Å². The maximum Gasteiger partial charge on any atom is 0.255 e. The molecule has 2 atom stereocenters. The monoisotopic (exact) mass is 437 g/mol. The summed E-state index contributed by atoms with van der Waals surface area (Å²) in [7, 11) is 4.67. The van der Waals surface area contributed by atoms with Crippen molar-refractivity contribution < 1.29 is 23.9 Å². The highest BCUT2D eigenvalue weighted by molar-refractivity contribution is 6.01. The molecule has 168 valence electrons. The van der Waals surface area contributed by atoms with E-state index in [-0.39, 0.29) is 24.3 Å². The molecule has 2 aliphatic heterocycles. The Labute approximate surface area is 187 Å². The molecular weight excluding hydrogens is 410 g/mol. The Morgan fingerprint density at radius 2 is 1.69 bits per heavy atom. The van der Waals surface area contributed by atoms with E-state index in [4.69, 9.17) is 9.47 Å². The number of nitrogens with one attached hydrogen (secondary N) is 1. The van der Waals surface area contributed by atoms with Gasteiger partial charge in [0, 0.05) is 32.1 Å². The highest BCUT2D eigenvalue weighted by atomic mass is 16.5. The first-order valence-corrected chi connectivity index (χ1v) is 10.5. The molecule has 3 amide bonds. The standard InChI is InChI=1S/C24H27N3O5/c1-14(26-12-15-7-5-6-8-18(15)24(26)30)23(29)27-13-17-11-21(32-4)20(31-3)10-16(17)9-19(27)22(28)25-2/h5-8,10-11,14,19H,9,12-13H2,1-4H3,(H,25,28)/t14-,19-/m0/s1. The molecule has 2 aromatic carbocycles. The van der Waals surface area contributed by atoms with E-state index in [1.165, 1.54) is 0 Å². The number of benzene rings is 2. The number of fused-ring (bicyclic) bond motifs is 2. The third-order valence-corrected chi connectivity index (χ3v) is 6.34. The van der Waals surface area contributed by atoms with Gasteiger partial charge < -0.3 is 24.6 Å². The summed E-state index contributed by atoms with van der Waals surface area (Å²) in [5.41, 5.74) is 3.34. The highest BCUT2D eigenvalue weighted by Gasteiger charge is 2.41. The third kappa shape index (κ3) is 3.55. The van der Waals surface area contributed by atoms with Crippen molar-refractivity contribution >= 4 is 17.7 Å². The first-order valence-electron chi connectivity index (χ1n) is 10.5. The van der Waals surface area contributed by atoms with Crippen molar-refractivity contribution in [3.63, 3.8) is 0 Å². The van der Waals surface area contributed by atoms with Gasteiger partial charge >= 0.3 is 0 Å². The van der Waals surface area contributed by atoms with Gasteiger partial charge in [-0.15, -0.1) is 0 Å². The molecule has 2 aromatic rings.